The largest absolute Gasteiger partial charge is 0.565 e. The van der Waals surface area contributed by atoms with Gasteiger partial charge in [0.2, 0.25) is 6.16 Å². The molecular formula is CH3ErO4-. The van der Waals surface area contributed by atoms with Gasteiger partial charge in [-0.25, -0.2) is 0 Å². The number of hydrogen-bond donors (Lipinski definition) is 1. The van der Waals surface area contributed by atoms with Gasteiger partial charge in [0.05, 0.1) is 0 Å². The molecule has 3 N–H and O–H groups in total. The Bertz CT molecular complexity index is 30.5. The predicted octanol–water partition coefficient (Wildman–Crippen LogP) is -1.94. The third-order valence-corrected chi connectivity index (χ3v) is 0. The molecule has 0 aliphatic rings. The molecule has 0 bridgehead atoms. The first kappa shape index (κ1) is 16.1. The van der Waals surface area contributed by atoms with E-state index in [1.54, 1.807) is 0 Å². The van der Waals surface area contributed by atoms with Crippen molar-refractivity contribution in [2.75, 3.05) is 0 Å². The molecule has 4 nitrogen and oxygen atoms in total. The van der Waals surface area contributed by atoms with Crippen LogP contribution in [0.15, 0.2) is 0 Å². The Labute approximate surface area is 63.7 Å². The van der Waals surface area contributed by atoms with Crippen molar-refractivity contribution >= 4 is 6.16 Å². The molecule has 0 rings (SSSR count). The third kappa shape index (κ3) is 238. The van der Waals surface area contributed by atoms with E-state index in [-0.39, 0.29) is 42.8 Å². The van der Waals surface area contributed by atoms with Gasteiger partial charge < -0.3 is 20.5 Å². The van der Waals surface area contributed by atoms with Crippen LogP contribution >= 0.6 is 0 Å². The second-order valence-corrected chi connectivity index (χ2v) is 0.266. The minimum Gasteiger partial charge on any atom is -0.565 e. The van der Waals surface area contributed by atoms with Crippen LogP contribution in [0.1, 0.15) is 0 Å². The summed E-state index contributed by atoms with van der Waals surface area (Å²) < 4.78 is 0. The topological polar surface area (TPSA) is 91.9 Å². The molecule has 0 amide bonds. The molecular weight excluding hydrogens is 243 g/mol. The Balaban J connectivity index is -0.0000000450. The van der Waals surface area contributed by atoms with Crippen molar-refractivity contribution in [3.8, 4) is 0 Å². The van der Waals surface area contributed by atoms with E-state index >= 15 is 0 Å². The minimum absolute atomic E-state index is 0. The zero-order valence-corrected chi connectivity index (χ0v) is 4.40. The Morgan fingerprint density at radius 3 is 1.67 bits per heavy atom. The number of hydrogen-bond acceptors (Lipinski definition) is 2. The first-order chi connectivity index (χ1) is 1.73. The van der Waals surface area contributed by atoms with E-state index in [0.29, 0.717) is 0 Å². The van der Waals surface area contributed by atoms with Crippen LogP contribution in [0.5, 0.6) is 0 Å². The smallest absolute Gasteiger partial charge is 0.249 e. The van der Waals surface area contributed by atoms with E-state index in [1.165, 1.54) is 0 Å². The van der Waals surface area contributed by atoms with Gasteiger partial charge in [0.1, 0.15) is 0 Å². The normalized spacial score (nSPS) is 4.00. The van der Waals surface area contributed by atoms with Crippen LogP contribution in [0.25, 0.3) is 0 Å². The quantitative estimate of drug-likeness (QED) is 0.539. The van der Waals surface area contributed by atoms with Gasteiger partial charge in [-0.2, -0.15) is 0 Å². The summed E-state index contributed by atoms with van der Waals surface area (Å²) in [4.78, 5) is 8.44. The molecule has 0 aromatic carbocycles. The summed E-state index contributed by atoms with van der Waals surface area (Å²) in [6.07, 6.45) is -2.08. The van der Waals surface area contributed by atoms with Crippen molar-refractivity contribution in [2.45, 2.75) is 0 Å². The van der Waals surface area contributed by atoms with Gasteiger partial charge >= 0.3 is 0 Å². The van der Waals surface area contributed by atoms with Crippen LogP contribution in [0, 0.1) is 37.3 Å². The van der Waals surface area contributed by atoms with Gasteiger partial charge in [-0.1, -0.05) is 0 Å². The molecule has 5 heteroatoms. The van der Waals surface area contributed by atoms with Crippen LogP contribution in [0.4, 0.5) is 4.79 Å². The second-order valence-electron chi connectivity index (χ2n) is 0.266. The molecule has 0 heterocycles. The molecule has 0 fully saturated rings. The number of carboxylic acid groups (broad SMARTS) is 2. The van der Waals surface area contributed by atoms with Gasteiger partial charge in [-0.3, -0.25) is 0 Å². The maximum atomic E-state index is 8.44. The minimum atomic E-state index is -2.08. The van der Waals surface area contributed by atoms with Gasteiger partial charge in [0, 0.05) is 37.3 Å². The summed E-state index contributed by atoms with van der Waals surface area (Å²) in [6.45, 7) is 0. The SMILES string of the molecule is O.O=C([O-])O.[Er]. The predicted molar refractivity (Wildman–Crippen MR) is 11.6 cm³/mol. The molecule has 0 spiro atoms. The average Bonchev–Trinajstić information content (AvgIpc) is 0.811. The van der Waals surface area contributed by atoms with E-state index in [1.807, 2.05) is 0 Å². The maximum absolute atomic E-state index is 8.44. The fourth-order valence-electron chi connectivity index (χ4n) is 0. The fourth-order valence-corrected chi connectivity index (χ4v) is 0. The Morgan fingerprint density at radius 1 is 1.67 bits per heavy atom. The molecule has 0 saturated heterocycles. The monoisotopic (exact) mass is 245 g/mol. The summed E-state index contributed by atoms with van der Waals surface area (Å²) in [7, 11) is 0. The molecule has 0 radical (unpaired) electrons. The Kier molecular flexibility index (Phi) is 24.3. The number of carbonyl (C=O) groups is 1. The molecule has 44 valence electrons. The summed E-state index contributed by atoms with van der Waals surface area (Å²) >= 11 is 0. The standard InChI is InChI=1S/CH2O3.Er.H2O/c2-1(3)4;;/h(H2,2,3,4);;1H2/p-1. The van der Waals surface area contributed by atoms with Crippen LogP contribution in [-0.4, -0.2) is 16.7 Å². The van der Waals surface area contributed by atoms with Crippen LogP contribution < -0.4 is 5.11 Å². The molecule has 6 heavy (non-hydrogen) atoms. The van der Waals surface area contributed by atoms with Gasteiger partial charge in [0.25, 0.3) is 0 Å². The van der Waals surface area contributed by atoms with Crippen LogP contribution in [0.3, 0.4) is 0 Å². The third-order valence-electron chi connectivity index (χ3n) is 0. The zero-order valence-electron chi connectivity index (χ0n) is 2.55. The van der Waals surface area contributed by atoms with Crippen molar-refractivity contribution in [2.24, 2.45) is 0 Å². The molecule has 0 atom stereocenters. The van der Waals surface area contributed by atoms with E-state index in [4.69, 9.17) is 15.0 Å². The summed E-state index contributed by atoms with van der Waals surface area (Å²) in [5, 5.41) is 15.3. The summed E-state index contributed by atoms with van der Waals surface area (Å²) in [5.41, 5.74) is 0. The van der Waals surface area contributed by atoms with E-state index in [9.17, 15) is 0 Å². The van der Waals surface area contributed by atoms with Crippen LogP contribution in [-0.2, 0) is 0 Å². The van der Waals surface area contributed by atoms with Crippen molar-refractivity contribution < 1.29 is 57.8 Å². The summed E-state index contributed by atoms with van der Waals surface area (Å²) in [6, 6.07) is 0. The zero-order chi connectivity index (χ0) is 3.58. The first-order valence-electron chi connectivity index (χ1n) is 0.632. The van der Waals surface area contributed by atoms with Gasteiger partial charge in [0.15, 0.2) is 0 Å². The molecule has 0 aromatic rings. The van der Waals surface area contributed by atoms with Gasteiger partial charge in [-0.05, 0) is 0 Å². The van der Waals surface area contributed by atoms with Crippen molar-refractivity contribution in [3.63, 3.8) is 0 Å². The average molecular weight is 246 g/mol. The number of rotatable bonds is 0. The maximum Gasteiger partial charge on any atom is 0.249 e. The van der Waals surface area contributed by atoms with Crippen molar-refractivity contribution in [1.29, 1.82) is 0 Å². The molecule has 0 unspecified atom stereocenters. The van der Waals surface area contributed by atoms with Crippen LogP contribution in [0.2, 0.25) is 0 Å². The first-order valence-corrected chi connectivity index (χ1v) is 0.632. The fraction of sp³-hybridized carbons (Fsp3) is 0. The van der Waals surface area contributed by atoms with E-state index in [2.05, 4.69) is 0 Å². The van der Waals surface area contributed by atoms with Gasteiger partial charge in [-0.15, -0.1) is 0 Å². The van der Waals surface area contributed by atoms with E-state index < -0.39 is 6.16 Å². The Hall–Kier alpha value is 0.477. The second kappa shape index (κ2) is 9.08. The molecule has 0 aliphatic heterocycles. The molecule has 0 aromatic heterocycles. The van der Waals surface area contributed by atoms with E-state index in [0.717, 1.165) is 0 Å². The Morgan fingerprint density at radius 2 is 1.67 bits per heavy atom. The molecule has 0 aliphatic carbocycles. The van der Waals surface area contributed by atoms with Crippen molar-refractivity contribution in [1.82, 2.24) is 0 Å². The summed E-state index contributed by atoms with van der Waals surface area (Å²) in [5.74, 6) is 0. The molecule has 0 saturated carbocycles. The van der Waals surface area contributed by atoms with Crippen molar-refractivity contribution in [3.05, 3.63) is 0 Å².